The van der Waals surface area contributed by atoms with Crippen molar-refractivity contribution in [1.29, 1.82) is 0 Å². The van der Waals surface area contributed by atoms with Crippen LogP contribution in [0.25, 0.3) is 16.8 Å². The molecule has 0 spiro atoms. The molecule has 3 heterocycles. The lowest BCUT2D eigenvalue weighted by molar-refractivity contribution is -0.139. The number of allylic oxidation sites excluding steroid dienone is 1. The number of ether oxygens (including phenoxy) is 2. The molecular formula is C33H33N3O4S. The van der Waals surface area contributed by atoms with Crippen LogP contribution in [0.3, 0.4) is 0 Å². The number of benzene rings is 3. The van der Waals surface area contributed by atoms with Crippen molar-refractivity contribution in [2.45, 2.75) is 39.7 Å². The summed E-state index contributed by atoms with van der Waals surface area (Å²) in [5, 5.41) is 1.88. The van der Waals surface area contributed by atoms with Crippen molar-refractivity contribution in [2.24, 2.45) is 4.99 Å². The molecule has 2 aliphatic rings. The second-order valence-electron chi connectivity index (χ2n) is 10.4. The SMILES string of the molecule is CCOC(=O)C1=C(C)N=c2s/c(=C/c3ccc(N4CCCC4)cc3C)c(=O)n2[C@@H]1c1c(OC)ccc2ccccc12. The Morgan fingerprint density at radius 1 is 1.10 bits per heavy atom. The van der Waals surface area contributed by atoms with Gasteiger partial charge in [-0.3, -0.25) is 9.36 Å². The number of esters is 1. The predicted octanol–water partition coefficient (Wildman–Crippen LogP) is 4.87. The zero-order valence-electron chi connectivity index (χ0n) is 23.8. The molecule has 2 aliphatic heterocycles. The van der Waals surface area contributed by atoms with Crippen LogP contribution in [-0.2, 0) is 9.53 Å². The van der Waals surface area contributed by atoms with E-state index in [0.29, 0.717) is 26.4 Å². The van der Waals surface area contributed by atoms with Crippen molar-refractivity contribution in [2.75, 3.05) is 31.7 Å². The highest BCUT2D eigenvalue weighted by Gasteiger charge is 2.36. The summed E-state index contributed by atoms with van der Waals surface area (Å²) < 4.78 is 13.5. The van der Waals surface area contributed by atoms with Gasteiger partial charge in [0.25, 0.3) is 5.56 Å². The smallest absolute Gasteiger partial charge is 0.338 e. The Hall–Kier alpha value is -4.17. The molecule has 0 bridgehead atoms. The lowest BCUT2D eigenvalue weighted by Gasteiger charge is -2.27. The Labute approximate surface area is 242 Å². The Morgan fingerprint density at radius 3 is 2.61 bits per heavy atom. The van der Waals surface area contributed by atoms with E-state index in [9.17, 15) is 9.59 Å². The molecule has 41 heavy (non-hydrogen) atoms. The highest BCUT2D eigenvalue weighted by molar-refractivity contribution is 7.07. The molecule has 3 aromatic carbocycles. The maximum Gasteiger partial charge on any atom is 0.338 e. The number of rotatable bonds is 6. The molecule has 1 aromatic heterocycles. The number of aryl methyl sites for hydroxylation is 1. The van der Waals surface area contributed by atoms with Crippen LogP contribution in [-0.4, -0.2) is 37.3 Å². The number of hydrogen-bond donors (Lipinski definition) is 0. The normalized spacial score (nSPS) is 17.1. The predicted molar refractivity (Wildman–Crippen MR) is 164 cm³/mol. The first-order chi connectivity index (χ1) is 19.9. The van der Waals surface area contributed by atoms with Gasteiger partial charge >= 0.3 is 5.97 Å². The minimum absolute atomic E-state index is 0.203. The maximum atomic E-state index is 14.2. The van der Waals surface area contributed by atoms with Crippen molar-refractivity contribution < 1.29 is 14.3 Å². The third-order valence-electron chi connectivity index (χ3n) is 7.95. The molecule has 1 saturated heterocycles. The van der Waals surface area contributed by atoms with Gasteiger partial charge < -0.3 is 14.4 Å². The molecular weight excluding hydrogens is 534 g/mol. The fraction of sp³-hybridized carbons (Fsp3) is 0.303. The second-order valence-corrected chi connectivity index (χ2v) is 11.4. The number of thiazole rings is 1. The molecule has 6 rings (SSSR count). The van der Waals surface area contributed by atoms with Crippen LogP contribution in [0.4, 0.5) is 5.69 Å². The van der Waals surface area contributed by atoms with E-state index in [-0.39, 0.29) is 12.2 Å². The average molecular weight is 568 g/mol. The van der Waals surface area contributed by atoms with Gasteiger partial charge in [-0.1, -0.05) is 47.7 Å². The van der Waals surface area contributed by atoms with Crippen LogP contribution in [0.2, 0.25) is 0 Å². The van der Waals surface area contributed by atoms with E-state index in [1.165, 1.54) is 29.9 Å². The van der Waals surface area contributed by atoms with Gasteiger partial charge in [-0.05, 0) is 79.8 Å². The lowest BCUT2D eigenvalue weighted by atomic mass is 9.90. The number of hydrogen-bond acceptors (Lipinski definition) is 7. The molecule has 0 unspecified atom stereocenters. The lowest BCUT2D eigenvalue weighted by Crippen LogP contribution is -2.40. The van der Waals surface area contributed by atoms with Gasteiger partial charge in [0.2, 0.25) is 0 Å². The minimum atomic E-state index is -0.757. The highest BCUT2D eigenvalue weighted by Crippen LogP contribution is 2.40. The number of carbonyl (C=O) groups is 1. The summed E-state index contributed by atoms with van der Waals surface area (Å²) >= 11 is 1.33. The standard InChI is InChI=1S/C33H33N3O4S/c1-5-40-32(38)28-21(3)34-33-36(30(28)29-25-11-7-6-10-22(25)13-15-26(29)39-4)31(37)27(41-33)19-23-12-14-24(18-20(23)2)35-16-8-9-17-35/h6-7,10-15,18-19,30H,5,8-9,16-17H2,1-4H3/b27-19+/t30-/m0/s1. The molecule has 0 aliphatic carbocycles. The molecule has 1 atom stereocenters. The second kappa shape index (κ2) is 11.0. The number of anilines is 1. The van der Waals surface area contributed by atoms with Gasteiger partial charge in [0.15, 0.2) is 4.80 Å². The molecule has 7 nitrogen and oxygen atoms in total. The minimum Gasteiger partial charge on any atom is -0.496 e. The van der Waals surface area contributed by atoms with Crippen molar-refractivity contribution in [3.8, 4) is 5.75 Å². The summed E-state index contributed by atoms with van der Waals surface area (Å²) in [6.07, 6.45) is 4.38. The topological polar surface area (TPSA) is 73.1 Å². The number of aromatic nitrogens is 1. The highest BCUT2D eigenvalue weighted by atomic mass is 32.1. The van der Waals surface area contributed by atoms with E-state index >= 15 is 0 Å². The summed E-state index contributed by atoms with van der Waals surface area (Å²) in [6.45, 7) is 8.03. The van der Waals surface area contributed by atoms with Crippen LogP contribution >= 0.6 is 11.3 Å². The average Bonchev–Trinajstić information content (AvgIpc) is 3.61. The fourth-order valence-electron chi connectivity index (χ4n) is 5.94. The van der Waals surface area contributed by atoms with Crippen LogP contribution in [0.1, 0.15) is 49.4 Å². The van der Waals surface area contributed by atoms with Crippen LogP contribution < -0.4 is 24.5 Å². The molecule has 0 amide bonds. The van der Waals surface area contributed by atoms with Crippen LogP contribution in [0, 0.1) is 6.92 Å². The van der Waals surface area contributed by atoms with E-state index < -0.39 is 12.0 Å². The zero-order valence-corrected chi connectivity index (χ0v) is 24.6. The summed E-state index contributed by atoms with van der Waals surface area (Å²) in [4.78, 5) is 35.3. The van der Waals surface area contributed by atoms with Gasteiger partial charge in [-0.25, -0.2) is 9.79 Å². The van der Waals surface area contributed by atoms with Crippen LogP contribution in [0.5, 0.6) is 5.75 Å². The number of carbonyl (C=O) groups excluding carboxylic acids is 1. The van der Waals surface area contributed by atoms with Gasteiger partial charge in [0.1, 0.15) is 11.8 Å². The molecule has 0 saturated carbocycles. The van der Waals surface area contributed by atoms with Crippen molar-refractivity contribution in [3.63, 3.8) is 0 Å². The largest absolute Gasteiger partial charge is 0.496 e. The van der Waals surface area contributed by atoms with Crippen molar-refractivity contribution >= 4 is 39.8 Å². The first kappa shape index (κ1) is 27.0. The molecule has 210 valence electrons. The molecule has 8 heteroatoms. The van der Waals surface area contributed by atoms with Gasteiger partial charge in [0, 0.05) is 24.3 Å². The Kier molecular flexibility index (Phi) is 7.26. The quantitative estimate of drug-likeness (QED) is 0.311. The van der Waals surface area contributed by atoms with E-state index in [0.717, 1.165) is 40.6 Å². The Bertz CT molecular complexity index is 1880. The summed E-state index contributed by atoms with van der Waals surface area (Å²) in [7, 11) is 1.60. The number of nitrogens with zero attached hydrogens (tertiary/aromatic N) is 3. The van der Waals surface area contributed by atoms with E-state index in [1.807, 2.05) is 42.5 Å². The maximum absolute atomic E-state index is 14.2. The zero-order chi connectivity index (χ0) is 28.7. The molecule has 4 aromatic rings. The van der Waals surface area contributed by atoms with E-state index in [4.69, 9.17) is 14.5 Å². The van der Waals surface area contributed by atoms with Crippen molar-refractivity contribution in [3.05, 3.63) is 102 Å². The van der Waals surface area contributed by atoms with Gasteiger partial charge in [0.05, 0.1) is 29.5 Å². The summed E-state index contributed by atoms with van der Waals surface area (Å²) in [5.41, 5.74) is 4.72. The number of fused-ring (bicyclic) bond motifs is 2. The van der Waals surface area contributed by atoms with Gasteiger partial charge in [-0.2, -0.15) is 0 Å². The van der Waals surface area contributed by atoms with E-state index in [2.05, 4.69) is 30.0 Å². The molecule has 1 fully saturated rings. The van der Waals surface area contributed by atoms with Crippen LogP contribution in [0.15, 0.2) is 75.7 Å². The monoisotopic (exact) mass is 567 g/mol. The molecule has 0 radical (unpaired) electrons. The first-order valence-electron chi connectivity index (χ1n) is 14.0. The fourth-order valence-corrected chi connectivity index (χ4v) is 6.97. The third-order valence-corrected chi connectivity index (χ3v) is 8.94. The Morgan fingerprint density at radius 2 is 1.88 bits per heavy atom. The number of methoxy groups -OCH3 is 1. The first-order valence-corrected chi connectivity index (χ1v) is 14.8. The van der Waals surface area contributed by atoms with E-state index in [1.54, 1.807) is 25.5 Å². The third kappa shape index (κ3) is 4.76. The van der Waals surface area contributed by atoms with Gasteiger partial charge in [-0.15, -0.1) is 0 Å². The van der Waals surface area contributed by atoms with Crippen molar-refractivity contribution in [1.82, 2.24) is 4.57 Å². The molecule has 0 N–H and O–H groups in total. The Balaban J connectivity index is 1.57. The summed E-state index contributed by atoms with van der Waals surface area (Å²) in [6, 6.07) is 17.4. The summed E-state index contributed by atoms with van der Waals surface area (Å²) in [5.74, 6) is 0.101.